The molecule has 0 bridgehead atoms. The molecule has 2 aromatic rings. The van der Waals surface area contributed by atoms with Crippen LogP contribution < -0.4 is 0 Å². The third-order valence-electron chi connectivity index (χ3n) is 6.21. The zero-order chi connectivity index (χ0) is 25.6. The quantitative estimate of drug-likeness (QED) is 0.442. The van der Waals surface area contributed by atoms with Gasteiger partial charge in [-0.3, -0.25) is 0 Å². The van der Waals surface area contributed by atoms with Crippen LogP contribution in [0.4, 0.5) is 0 Å². The lowest BCUT2D eigenvalue weighted by molar-refractivity contribution is 0.277. The summed E-state index contributed by atoms with van der Waals surface area (Å²) in [6.07, 6.45) is 1.95. The molecule has 3 heteroatoms. The highest BCUT2D eigenvalue weighted by atomic mass is 32.2. The first-order valence-corrected chi connectivity index (χ1v) is 12.9. The van der Waals surface area contributed by atoms with E-state index in [1.54, 1.807) is 11.8 Å². The van der Waals surface area contributed by atoms with Crippen LogP contribution in [0.2, 0.25) is 0 Å². The minimum atomic E-state index is -0.144. The third-order valence-corrected chi connectivity index (χ3v) is 7.53. The summed E-state index contributed by atoms with van der Waals surface area (Å²) < 4.78 is 0. The summed E-state index contributed by atoms with van der Waals surface area (Å²) in [4.78, 5) is 2.30. The summed E-state index contributed by atoms with van der Waals surface area (Å²) >= 11 is 1.73. The molecule has 0 aliphatic carbocycles. The van der Waals surface area contributed by atoms with Crippen LogP contribution in [0.1, 0.15) is 104 Å². The highest BCUT2D eigenvalue weighted by molar-refractivity contribution is 7.99. The monoisotopic (exact) mass is 470 g/mol. The Labute approximate surface area is 207 Å². The molecule has 0 radical (unpaired) electrons. The summed E-state index contributed by atoms with van der Waals surface area (Å²) in [5, 5.41) is 21.6. The van der Waals surface area contributed by atoms with E-state index in [9.17, 15) is 10.2 Å². The van der Waals surface area contributed by atoms with Crippen LogP contribution in [0, 0.1) is 24.7 Å². The highest BCUT2D eigenvalue weighted by Gasteiger charge is 2.32. The molecule has 0 spiro atoms. The van der Waals surface area contributed by atoms with Crippen molar-refractivity contribution in [3.05, 3.63) is 46.5 Å². The van der Waals surface area contributed by atoms with E-state index in [4.69, 9.17) is 0 Å². The predicted molar refractivity (Wildman–Crippen MR) is 144 cm³/mol. The Hall–Kier alpha value is -1.61. The molecule has 0 heterocycles. The van der Waals surface area contributed by atoms with E-state index >= 15 is 0 Å². The van der Waals surface area contributed by atoms with Gasteiger partial charge in [-0.2, -0.15) is 0 Å². The van der Waals surface area contributed by atoms with E-state index in [1.165, 1.54) is 0 Å². The minimum absolute atomic E-state index is 0.144. The molecule has 0 saturated heterocycles. The van der Waals surface area contributed by atoms with Crippen molar-refractivity contribution >= 4 is 11.8 Å². The van der Waals surface area contributed by atoms with Gasteiger partial charge in [0.15, 0.2) is 0 Å². The first-order valence-electron chi connectivity index (χ1n) is 12.1. The van der Waals surface area contributed by atoms with Crippen molar-refractivity contribution in [1.29, 1.82) is 0 Å². The number of aryl methyl sites for hydroxylation is 2. The summed E-state index contributed by atoms with van der Waals surface area (Å²) in [5.41, 5.74) is 4.16. The summed E-state index contributed by atoms with van der Waals surface area (Å²) in [6, 6.07) is 8.16. The van der Waals surface area contributed by atoms with E-state index in [2.05, 4.69) is 95.2 Å². The fourth-order valence-electron chi connectivity index (χ4n) is 5.61. The second kappa shape index (κ2) is 9.21. The molecule has 2 N–H and O–H groups in total. The van der Waals surface area contributed by atoms with Gasteiger partial charge in [0.25, 0.3) is 0 Å². The lowest BCUT2D eigenvalue weighted by Crippen LogP contribution is -2.25. The fourth-order valence-corrected chi connectivity index (χ4v) is 6.64. The predicted octanol–water partition coefficient (Wildman–Crippen LogP) is 9.29. The van der Waals surface area contributed by atoms with Gasteiger partial charge in [0, 0.05) is 20.9 Å². The number of aromatic hydroxyl groups is 2. The number of rotatable bonds is 6. The molecule has 0 unspecified atom stereocenters. The maximum absolute atomic E-state index is 10.8. The molecule has 33 heavy (non-hydrogen) atoms. The topological polar surface area (TPSA) is 40.5 Å². The molecule has 2 aromatic carbocycles. The molecule has 0 saturated carbocycles. The molecule has 2 rings (SSSR count). The van der Waals surface area contributed by atoms with Gasteiger partial charge in [-0.05, 0) is 83.7 Å². The van der Waals surface area contributed by atoms with E-state index < -0.39 is 0 Å². The van der Waals surface area contributed by atoms with Crippen LogP contribution in [-0.2, 0) is 10.8 Å². The number of hydrogen-bond donors (Lipinski definition) is 2. The second-order valence-electron chi connectivity index (χ2n) is 13.6. The number of phenols is 2. The number of hydrogen-bond acceptors (Lipinski definition) is 3. The fraction of sp³-hybridized carbons (Fsp3) is 0.600. The Morgan fingerprint density at radius 3 is 1.15 bits per heavy atom. The van der Waals surface area contributed by atoms with E-state index in [-0.39, 0.29) is 21.7 Å². The molecule has 0 fully saturated rings. The summed E-state index contributed by atoms with van der Waals surface area (Å²) in [7, 11) is 0. The van der Waals surface area contributed by atoms with E-state index in [0.717, 1.165) is 44.9 Å². The molecule has 0 aliphatic heterocycles. The molecule has 0 atom stereocenters. The normalized spacial score (nSPS) is 13.5. The van der Waals surface area contributed by atoms with Gasteiger partial charge in [-0.25, -0.2) is 0 Å². The maximum atomic E-state index is 10.8. The summed E-state index contributed by atoms with van der Waals surface area (Å²) in [5.74, 6) is 0.751. The van der Waals surface area contributed by atoms with Crippen molar-refractivity contribution in [3.8, 4) is 11.5 Å². The smallest absolute Gasteiger partial charge is 0.119 e. The van der Waals surface area contributed by atoms with Crippen LogP contribution >= 0.6 is 11.8 Å². The zero-order valence-electron chi connectivity index (χ0n) is 23.0. The van der Waals surface area contributed by atoms with Gasteiger partial charge in [-0.15, -0.1) is 0 Å². The van der Waals surface area contributed by atoms with Crippen LogP contribution in [0.15, 0.2) is 34.1 Å². The first kappa shape index (κ1) is 27.6. The van der Waals surface area contributed by atoms with Gasteiger partial charge >= 0.3 is 0 Å². The SMILES string of the molecule is Cc1cc(O)c(C(C)(C)CC(C)(C)C)cc1Sc1cc(C(C)(C)CC(C)(C)C)c(O)cc1C. The average molecular weight is 471 g/mol. The van der Waals surface area contributed by atoms with Crippen molar-refractivity contribution in [2.24, 2.45) is 10.8 Å². The van der Waals surface area contributed by atoms with Crippen LogP contribution in [0.5, 0.6) is 11.5 Å². The zero-order valence-corrected chi connectivity index (χ0v) is 23.8. The first-order chi connectivity index (χ1) is 14.7. The van der Waals surface area contributed by atoms with Crippen molar-refractivity contribution < 1.29 is 10.2 Å². The Morgan fingerprint density at radius 2 is 0.879 bits per heavy atom. The lowest BCUT2D eigenvalue weighted by atomic mass is 9.72. The molecular formula is C30H46O2S. The second-order valence-corrected chi connectivity index (χ2v) is 14.7. The largest absolute Gasteiger partial charge is 0.508 e. The summed E-state index contributed by atoms with van der Waals surface area (Å²) in [6.45, 7) is 26.5. The maximum Gasteiger partial charge on any atom is 0.119 e. The molecule has 2 nitrogen and oxygen atoms in total. The van der Waals surface area contributed by atoms with E-state index in [1.807, 2.05) is 12.1 Å². The van der Waals surface area contributed by atoms with Gasteiger partial charge in [0.2, 0.25) is 0 Å². The van der Waals surface area contributed by atoms with Gasteiger partial charge in [0.1, 0.15) is 11.5 Å². The highest BCUT2D eigenvalue weighted by Crippen LogP contribution is 2.46. The third kappa shape index (κ3) is 7.18. The van der Waals surface area contributed by atoms with Gasteiger partial charge in [0.05, 0.1) is 0 Å². The Kier molecular flexibility index (Phi) is 7.71. The molecule has 0 aromatic heterocycles. The van der Waals surface area contributed by atoms with Gasteiger partial charge in [-0.1, -0.05) is 81.0 Å². The minimum Gasteiger partial charge on any atom is -0.508 e. The van der Waals surface area contributed by atoms with Crippen molar-refractivity contribution in [2.45, 2.75) is 117 Å². The standard InChI is InChI=1S/C30H46O2S/c1-19-13-23(31)21(29(9,10)17-27(3,4)5)15-25(19)33-26-16-22(24(32)14-20(26)2)30(11,12)18-28(6,7)8/h13-16,31-32H,17-18H2,1-12H3. The van der Waals surface area contributed by atoms with Crippen molar-refractivity contribution in [2.75, 3.05) is 0 Å². The molecular weight excluding hydrogens is 424 g/mol. The van der Waals surface area contributed by atoms with Gasteiger partial charge < -0.3 is 10.2 Å². The van der Waals surface area contributed by atoms with Crippen LogP contribution in [0.3, 0.4) is 0 Å². The number of benzene rings is 2. The molecule has 184 valence electrons. The molecule has 0 aliphatic rings. The Balaban J connectivity index is 2.53. The Bertz CT molecular complexity index is 920. The molecule has 0 amide bonds. The Morgan fingerprint density at radius 1 is 0.576 bits per heavy atom. The van der Waals surface area contributed by atoms with Crippen LogP contribution in [-0.4, -0.2) is 10.2 Å². The lowest BCUT2D eigenvalue weighted by Gasteiger charge is -2.34. The van der Waals surface area contributed by atoms with Crippen molar-refractivity contribution in [3.63, 3.8) is 0 Å². The average Bonchev–Trinajstić information content (AvgIpc) is 2.54. The number of phenolic OH excluding ortho intramolecular Hbond substituents is 2. The van der Waals surface area contributed by atoms with Crippen LogP contribution in [0.25, 0.3) is 0 Å². The van der Waals surface area contributed by atoms with E-state index in [0.29, 0.717) is 11.5 Å². The van der Waals surface area contributed by atoms with Crippen molar-refractivity contribution in [1.82, 2.24) is 0 Å².